The van der Waals surface area contributed by atoms with E-state index < -0.39 is 19.5 Å². The van der Waals surface area contributed by atoms with Gasteiger partial charge < -0.3 is 25.1 Å². The molecule has 0 fully saturated rings. The molecule has 0 radical (unpaired) electrons. The summed E-state index contributed by atoms with van der Waals surface area (Å²) in [4.78, 5) is 0. The topological polar surface area (TPSA) is 79.7 Å². The van der Waals surface area contributed by atoms with E-state index in [0.717, 1.165) is 37.2 Å². The van der Waals surface area contributed by atoms with E-state index in [1.165, 1.54) is 0 Å². The van der Waals surface area contributed by atoms with Crippen molar-refractivity contribution in [3.8, 4) is 11.5 Å². The van der Waals surface area contributed by atoms with Crippen molar-refractivity contribution < 1.29 is 13.6 Å². The van der Waals surface area contributed by atoms with Crippen molar-refractivity contribution in [3.63, 3.8) is 0 Å². The fourth-order valence-electron chi connectivity index (χ4n) is 2.64. The molecule has 0 saturated carbocycles. The molecule has 2 atom stereocenters. The number of hydrogen-bond acceptors (Lipinski definition) is 5. The van der Waals surface area contributed by atoms with Crippen LogP contribution in [0.15, 0.2) is 60.7 Å². The number of rotatable bonds is 14. The van der Waals surface area contributed by atoms with Gasteiger partial charge in [-0.25, -0.2) is 0 Å². The molecule has 7 heteroatoms. The van der Waals surface area contributed by atoms with E-state index in [-0.39, 0.29) is 11.3 Å². The van der Waals surface area contributed by atoms with Crippen LogP contribution in [-0.4, -0.2) is 44.1 Å². The van der Waals surface area contributed by atoms with Gasteiger partial charge in [0, 0.05) is 11.3 Å². The fourth-order valence-corrected chi connectivity index (χ4v) is 6.52. The lowest BCUT2D eigenvalue weighted by Gasteiger charge is -2.15. The Kier molecular flexibility index (Phi) is 10.8. The maximum absolute atomic E-state index is 6.17. The highest BCUT2D eigenvalue weighted by Crippen LogP contribution is 2.10. The van der Waals surface area contributed by atoms with E-state index in [9.17, 15) is 0 Å². The van der Waals surface area contributed by atoms with Gasteiger partial charge in [-0.1, -0.05) is 36.4 Å². The Hall–Kier alpha value is -1.65. The first-order valence-electron chi connectivity index (χ1n) is 9.68. The second-order valence-electron chi connectivity index (χ2n) is 6.67. The molecule has 4 N–H and O–H groups in total. The highest BCUT2D eigenvalue weighted by Gasteiger charge is 2.08. The zero-order valence-electron chi connectivity index (χ0n) is 16.0. The van der Waals surface area contributed by atoms with Gasteiger partial charge in [0.25, 0.3) is 0 Å². The van der Waals surface area contributed by atoms with E-state index in [4.69, 9.17) is 25.1 Å². The molecular weight excluding hydrogens is 372 g/mol. The molecule has 0 bridgehead atoms. The van der Waals surface area contributed by atoms with E-state index in [1.807, 2.05) is 60.7 Å². The fraction of sp³-hybridized carbons (Fsp3) is 0.400. The van der Waals surface area contributed by atoms with Crippen LogP contribution < -0.4 is 20.9 Å². The number of nitrogens with two attached hydrogens (primary N) is 2. The SMILES string of the molecule is NC(CCCOc1ccccc1)[SiH2]O[SiH2]C(N)CCCOc1ccccc1. The standard InChI is InChI=1S/C20H32N2O3Si2/c21-19(13-7-15-23-17-9-3-1-4-10-17)26-25-27-20(22)14-8-16-24-18-11-5-2-6-12-18/h1-6,9-12,19-20H,7-8,13-16,21-22,26-27H2. The third kappa shape index (κ3) is 10.3. The molecule has 0 aliphatic carbocycles. The summed E-state index contributed by atoms with van der Waals surface area (Å²) in [6, 6.07) is 19.7. The number of benzene rings is 2. The Morgan fingerprint density at radius 2 is 1.07 bits per heavy atom. The summed E-state index contributed by atoms with van der Waals surface area (Å²) in [5, 5.41) is 0. The first-order chi connectivity index (χ1) is 13.2. The molecule has 0 aromatic heterocycles. The third-order valence-corrected chi connectivity index (χ3v) is 7.68. The number of hydrogen-bond donors (Lipinski definition) is 2. The molecule has 0 spiro atoms. The van der Waals surface area contributed by atoms with Gasteiger partial charge in [-0.3, -0.25) is 0 Å². The molecule has 2 rings (SSSR count). The molecule has 0 saturated heterocycles. The van der Waals surface area contributed by atoms with Gasteiger partial charge in [0.2, 0.25) is 0 Å². The maximum atomic E-state index is 6.17. The Morgan fingerprint density at radius 1 is 0.667 bits per heavy atom. The van der Waals surface area contributed by atoms with Crippen molar-refractivity contribution in [2.75, 3.05) is 13.2 Å². The summed E-state index contributed by atoms with van der Waals surface area (Å²) < 4.78 is 17.3. The van der Waals surface area contributed by atoms with Crippen molar-refractivity contribution in [1.82, 2.24) is 0 Å². The van der Waals surface area contributed by atoms with Crippen LogP contribution in [0.2, 0.25) is 0 Å². The Morgan fingerprint density at radius 3 is 1.48 bits per heavy atom. The molecule has 5 nitrogen and oxygen atoms in total. The lowest BCUT2D eigenvalue weighted by atomic mass is 10.3. The molecule has 0 amide bonds. The lowest BCUT2D eigenvalue weighted by Crippen LogP contribution is -2.36. The summed E-state index contributed by atoms with van der Waals surface area (Å²) in [5.41, 5.74) is 12.7. The molecule has 0 aliphatic heterocycles. The zero-order valence-corrected chi connectivity index (χ0v) is 18.8. The van der Waals surface area contributed by atoms with Gasteiger partial charge in [-0.05, 0) is 49.9 Å². The smallest absolute Gasteiger partial charge is 0.162 e. The predicted molar refractivity (Wildman–Crippen MR) is 116 cm³/mol. The molecular formula is C20H32N2O3Si2. The van der Waals surface area contributed by atoms with Gasteiger partial charge in [0.15, 0.2) is 19.5 Å². The molecule has 27 heavy (non-hydrogen) atoms. The summed E-state index contributed by atoms with van der Waals surface area (Å²) in [7, 11) is -1.39. The monoisotopic (exact) mass is 404 g/mol. The quantitative estimate of drug-likeness (QED) is 0.368. The van der Waals surface area contributed by atoms with Gasteiger partial charge in [-0.15, -0.1) is 0 Å². The minimum Gasteiger partial charge on any atom is -0.494 e. The van der Waals surface area contributed by atoms with Crippen LogP contribution in [0.3, 0.4) is 0 Å². The Bertz CT molecular complexity index is 551. The largest absolute Gasteiger partial charge is 0.494 e. The first-order valence-corrected chi connectivity index (χ1v) is 12.5. The molecule has 2 unspecified atom stereocenters. The van der Waals surface area contributed by atoms with Crippen LogP contribution in [0, 0.1) is 0 Å². The van der Waals surface area contributed by atoms with Crippen LogP contribution in [0.1, 0.15) is 25.7 Å². The van der Waals surface area contributed by atoms with Crippen molar-refractivity contribution in [2.24, 2.45) is 11.5 Å². The normalized spacial score (nSPS) is 14.0. The van der Waals surface area contributed by atoms with Gasteiger partial charge in [0.05, 0.1) is 13.2 Å². The molecule has 0 aliphatic rings. The number of ether oxygens (including phenoxy) is 2. The van der Waals surface area contributed by atoms with E-state index >= 15 is 0 Å². The van der Waals surface area contributed by atoms with E-state index in [2.05, 4.69) is 0 Å². The van der Waals surface area contributed by atoms with Gasteiger partial charge in [0.1, 0.15) is 11.5 Å². The van der Waals surface area contributed by atoms with Crippen molar-refractivity contribution in [2.45, 2.75) is 37.0 Å². The number of para-hydroxylation sites is 2. The first kappa shape index (κ1) is 21.7. The van der Waals surface area contributed by atoms with E-state index in [1.54, 1.807) is 0 Å². The van der Waals surface area contributed by atoms with Crippen molar-refractivity contribution in [3.05, 3.63) is 60.7 Å². The second-order valence-corrected chi connectivity index (χ2v) is 11.1. The minimum atomic E-state index is -0.695. The Labute approximate surface area is 167 Å². The summed E-state index contributed by atoms with van der Waals surface area (Å²) >= 11 is 0. The second kappa shape index (κ2) is 13.5. The zero-order chi connectivity index (χ0) is 19.2. The Balaban J connectivity index is 1.42. The molecule has 2 aromatic rings. The highest BCUT2D eigenvalue weighted by molar-refractivity contribution is 6.44. The summed E-state index contributed by atoms with van der Waals surface area (Å²) in [6.45, 7) is 1.40. The summed E-state index contributed by atoms with van der Waals surface area (Å²) in [5.74, 6) is 1.82. The van der Waals surface area contributed by atoms with E-state index in [0.29, 0.717) is 13.2 Å². The highest BCUT2D eigenvalue weighted by atomic mass is 28.3. The minimum absolute atomic E-state index is 0.186. The molecule has 0 heterocycles. The van der Waals surface area contributed by atoms with Crippen LogP contribution in [0.4, 0.5) is 0 Å². The van der Waals surface area contributed by atoms with Gasteiger partial charge in [-0.2, -0.15) is 0 Å². The third-order valence-electron chi connectivity index (χ3n) is 4.13. The van der Waals surface area contributed by atoms with Crippen LogP contribution in [-0.2, 0) is 4.12 Å². The molecule has 2 aromatic carbocycles. The van der Waals surface area contributed by atoms with Crippen LogP contribution >= 0.6 is 0 Å². The van der Waals surface area contributed by atoms with Crippen LogP contribution in [0.5, 0.6) is 11.5 Å². The maximum Gasteiger partial charge on any atom is 0.162 e. The molecule has 148 valence electrons. The van der Waals surface area contributed by atoms with Crippen molar-refractivity contribution >= 4 is 19.5 Å². The predicted octanol–water partition coefficient (Wildman–Crippen LogP) is 1.46. The lowest BCUT2D eigenvalue weighted by molar-refractivity contribution is 0.304. The van der Waals surface area contributed by atoms with Crippen molar-refractivity contribution in [1.29, 1.82) is 0 Å². The average molecular weight is 405 g/mol. The average Bonchev–Trinajstić information content (AvgIpc) is 2.70. The van der Waals surface area contributed by atoms with Gasteiger partial charge >= 0.3 is 0 Å². The van der Waals surface area contributed by atoms with Crippen LogP contribution in [0.25, 0.3) is 0 Å². The summed E-state index contributed by atoms with van der Waals surface area (Å²) in [6.07, 6.45) is 3.81.